The molecule has 0 spiro atoms. The molecule has 124 valence electrons. The van der Waals surface area contributed by atoms with E-state index in [0.717, 1.165) is 0 Å². The van der Waals surface area contributed by atoms with Crippen LogP contribution in [0.1, 0.15) is 25.3 Å². The number of aromatic nitrogens is 2. The van der Waals surface area contributed by atoms with Crippen LogP contribution in [0.4, 0.5) is 0 Å². The van der Waals surface area contributed by atoms with Crippen LogP contribution in [-0.2, 0) is 14.3 Å². The third-order valence-electron chi connectivity index (χ3n) is 4.41. The molecule has 0 aliphatic carbocycles. The fourth-order valence-electron chi connectivity index (χ4n) is 3.10. The molecular weight excluding hydrogens is 318 g/mol. The van der Waals surface area contributed by atoms with Crippen molar-refractivity contribution in [2.45, 2.75) is 30.5 Å². The van der Waals surface area contributed by atoms with E-state index in [2.05, 4.69) is 4.98 Å². The Morgan fingerprint density at radius 3 is 2.83 bits per heavy atom. The van der Waals surface area contributed by atoms with Crippen LogP contribution in [0.15, 0.2) is 22.2 Å². The van der Waals surface area contributed by atoms with Crippen LogP contribution >= 0.6 is 11.8 Å². The van der Waals surface area contributed by atoms with Gasteiger partial charge in [-0.25, -0.2) is 4.98 Å². The molecule has 1 saturated heterocycles. The number of likely N-dealkylation sites (tertiary alicyclic amines) is 1. The molecule has 3 rings (SSSR count). The Morgan fingerprint density at radius 1 is 1.39 bits per heavy atom. The zero-order chi connectivity index (χ0) is 16.4. The van der Waals surface area contributed by atoms with Crippen molar-refractivity contribution in [3.8, 4) is 0 Å². The summed E-state index contributed by atoms with van der Waals surface area (Å²) in [5, 5.41) is 0.680. The maximum atomic E-state index is 12.5. The maximum absolute atomic E-state index is 12.5. The normalized spacial score (nSPS) is 21.1. The van der Waals surface area contributed by atoms with Crippen LogP contribution < -0.4 is 5.56 Å². The summed E-state index contributed by atoms with van der Waals surface area (Å²) in [5.41, 5.74) is -0.109. The van der Waals surface area contributed by atoms with E-state index in [0.29, 0.717) is 43.3 Å². The Morgan fingerprint density at radius 2 is 2.13 bits per heavy atom. The number of thioether (sulfide) groups is 1. The fourth-order valence-corrected chi connectivity index (χ4v) is 4.22. The highest BCUT2D eigenvalue weighted by Gasteiger charge is 2.31. The lowest BCUT2D eigenvalue weighted by atomic mass is 9.96. The van der Waals surface area contributed by atoms with E-state index in [-0.39, 0.29) is 29.4 Å². The third kappa shape index (κ3) is 3.26. The van der Waals surface area contributed by atoms with Crippen molar-refractivity contribution in [1.82, 2.24) is 14.5 Å². The lowest BCUT2D eigenvalue weighted by molar-refractivity contribution is -0.149. The van der Waals surface area contributed by atoms with Crippen LogP contribution in [0, 0.1) is 5.92 Å². The molecule has 1 fully saturated rings. The number of ether oxygens (including phenoxy) is 1. The van der Waals surface area contributed by atoms with Gasteiger partial charge in [0.15, 0.2) is 5.16 Å². The van der Waals surface area contributed by atoms with Gasteiger partial charge in [0.25, 0.3) is 5.56 Å². The van der Waals surface area contributed by atoms with Gasteiger partial charge in [-0.15, -0.1) is 0 Å². The van der Waals surface area contributed by atoms with E-state index in [1.165, 1.54) is 31.1 Å². The Labute approximate surface area is 138 Å². The minimum Gasteiger partial charge on any atom is -0.469 e. The summed E-state index contributed by atoms with van der Waals surface area (Å²) in [6, 6.07) is 1.29. The number of hydrogen-bond donors (Lipinski definition) is 0. The molecule has 2 aliphatic rings. The van der Waals surface area contributed by atoms with Gasteiger partial charge in [0.05, 0.1) is 19.1 Å². The molecule has 0 radical (unpaired) electrons. The monoisotopic (exact) mass is 337 g/mol. The van der Waals surface area contributed by atoms with Crippen molar-refractivity contribution in [3.63, 3.8) is 0 Å². The lowest BCUT2D eigenvalue weighted by Crippen LogP contribution is -2.41. The van der Waals surface area contributed by atoms with Crippen LogP contribution in [0.5, 0.6) is 0 Å². The molecule has 0 saturated carbocycles. The number of rotatable bonds is 3. The first-order chi connectivity index (χ1) is 11.1. The van der Waals surface area contributed by atoms with E-state index in [4.69, 9.17) is 4.74 Å². The first kappa shape index (κ1) is 16.0. The molecule has 3 heterocycles. The second-order valence-corrected chi connectivity index (χ2v) is 6.77. The summed E-state index contributed by atoms with van der Waals surface area (Å²) >= 11 is 1.51. The summed E-state index contributed by atoms with van der Waals surface area (Å²) in [7, 11) is 1.39. The Bertz CT molecular complexity index is 667. The first-order valence-electron chi connectivity index (χ1n) is 7.66. The maximum Gasteiger partial charge on any atom is 0.308 e. The molecule has 1 aromatic heterocycles. The predicted molar refractivity (Wildman–Crippen MR) is 84.2 cm³/mol. The van der Waals surface area contributed by atoms with Gasteiger partial charge < -0.3 is 9.64 Å². The number of piperidine rings is 1. The summed E-state index contributed by atoms with van der Waals surface area (Å²) < 4.78 is 6.37. The van der Waals surface area contributed by atoms with E-state index in [1.807, 2.05) is 0 Å². The van der Waals surface area contributed by atoms with Crippen LogP contribution in [-0.4, -0.2) is 52.3 Å². The predicted octanol–water partition coefficient (Wildman–Crippen LogP) is 0.692. The largest absolute Gasteiger partial charge is 0.469 e. The Kier molecular flexibility index (Phi) is 4.70. The molecule has 0 N–H and O–H groups in total. The average Bonchev–Trinajstić information content (AvgIpc) is 2.98. The molecule has 0 bridgehead atoms. The van der Waals surface area contributed by atoms with E-state index < -0.39 is 0 Å². The number of esters is 1. The highest BCUT2D eigenvalue weighted by atomic mass is 32.2. The molecule has 2 aliphatic heterocycles. The molecule has 1 atom stereocenters. The van der Waals surface area contributed by atoms with Gasteiger partial charge in [0.1, 0.15) is 0 Å². The zero-order valence-corrected chi connectivity index (χ0v) is 13.8. The second-order valence-electron chi connectivity index (χ2n) is 5.78. The summed E-state index contributed by atoms with van der Waals surface area (Å²) in [6.45, 7) is 1.13. The summed E-state index contributed by atoms with van der Waals surface area (Å²) in [4.78, 5) is 41.9. The summed E-state index contributed by atoms with van der Waals surface area (Å²) in [6.07, 6.45) is 3.07. The molecule has 1 unspecified atom stereocenters. The van der Waals surface area contributed by atoms with Crippen molar-refractivity contribution >= 4 is 23.6 Å². The number of carbonyl (C=O) groups excluding carboxylic acids is 2. The SMILES string of the molecule is COC(=O)C1CCN(C(=O)CC2CSc3nccc(=O)n32)CC1. The zero-order valence-electron chi connectivity index (χ0n) is 12.9. The number of carbonyl (C=O) groups is 2. The summed E-state index contributed by atoms with van der Waals surface area (Å²) in [5.74, 6) is 0.411. The molecule has 1 amide bonds. The van der Waals surface area contributed by atoms with Crippen molar-refractivity contribution in [1.29, 1.82) is 0 Å². The number of nitrogens with zero attached hydrogens (tertiary/aromatic N) is 3. The van der Waals surface area contributed by atoms with Gasteiger partial charge in [0.2, 0.25) is 5.91 Å². The van der Waals surface area contributed by atoms with Gasteiger partial charge in [-0.3, -0.25) is 19.0 Å². The smallest absolute Gasteiger partial charge is 0.308 e. The third-order valence-corrected chi connectivity index (χ3v) is 5.52. The number of amides is 1. The second kappa shape index (κ2) is 6.74. The molecule has 8 heteroatoms. The van der Waals surface area contributed by atoms with Crippen molar-refractivity contribution in [2.75, 3.05) is 26.0 Å². The first-order valence-corrected chi connectivity index (χ1v) is 8.64. The van der Waals surface area contributed by atoms with E-state index >= 15 is 0 Å². The van der Waals surface area contributed by atoms with Crippen molar-refractivity contribution in [3.05, 3.63) is 22.6 Å². The lowest BCUT2D eigenvalue weighted by Gasteiger charge is -2.31. The van der Waals surface area contributed by atoms with E-state index in [1.54, 1.807) is 9.47 Å². The van der Waals surface area contributed by atoms with Gasteiger partial charge in [-0.2, -0.15) is 0 Å². The molecule has 1 aromatic rings. The van der Waals surface area contributed by atoms with Crippen molar-refractivity contribution < 1.29 is 14.3 Å². The van der Waals surface area contributed by atoms with Gasteiger partial charge >= 0.3 is 5.97 Å². The minimum atomic E-state index is -0.198. The Balaban J connectivity index is 1.60. The Hall–Kier alpha value is -1.83. The van der Waals surface area contributed by atoms with Crippen LogP contribution in [0.25, 0.3) is 0 Å². The van der Waals surface area contributed by atoms with Crippen LogP contribution in [0.3, 0.4) is 0 Å². The van der Waals surface area contributed by atoms with E-state index in [9.17, 15) is 14.4 Å². The molecule has 23 heavy (non-hydrogen) atoms. The van der Waals surface area contributed by atoms with Crippen molar-refractivity contribution in [2.24, 2.45) is 5.92 Å². The molecular formula is C15H19N3O4S. The topological polar surface area (TPSA) is 81.5 Å². The van der Waals surface area contributed by atoms with Crippen LogP contribution in [0.2, 0.25) is 0 Å². The minimum absolute atomic E-state index is 0.0301. The van der Waals surface area contributed by atoms with Gasteiger partial charge in [-0.1, -0.05) is 11.8 Å². The quantitative estimate of drug-likeness (QED) is 0.596. The number of hydrogen-bond acceptors (Lipinski definition) is 6. The standard InChI is InChI=1S/C15H19N3O4S/c1-22-14(21)10-3-6-17(7-4-10)13(20)8-11-9-23-15-16-5-2-12(19)18(11)15/h2,5,10-11H,3-4,6-9H2,1H3. The highest BCUT2D eigenvalue weighted by Crippen LogP contribution is 2.32. The number of methoxy groups -OCH3 is 1. The average molecular weight is 337 g/mol. The van der Waals surface area contributed by atoms with Gasteiger partial charge in [-0.05, 0) is 12.8 Å². The van der Waals surface area contributed by atoms with Gasteiger partial charge in [0, 0.05) is 37.5 Å². The fraction of sp³-hybridized carbons (Fsp3) is 0.600. The molecule has 7 nitrogen and oxygen atoms in total. The number of fused-ring (bicyclic) bond motifs is 1. The molecule has 0 aromatic carbocycles. The highest BCUT2D eigenvalue weighted by molar-refractivity contribution is 7.99.